The van der Waals surface area contributed by atoms with Gasteiger partial charge in [-0.3, -0.25) is 4.79 Å². The van der Waals surface area contributed by atoms with Crippen LogP contribution in [0.25, 0.3) is 0 Å². The third-order valence-electron chi connectivity index (χ3n) is 7.17. The van der Waals surface area contributed by atoms with Crippen LogP contribution in [0.5, 0.6) is 11.5 Å². The van der Waals surface area contributed by atoms with Crippen molar-refractivity contribution >= 4 is 15.9 Å². The van der Waals surface area contributed by atoms with Gasteiger partial charge in [0.2, 0.25) is 15.9 Å². The number of hydrogen-bond donors (Lipinski definition) is 0. The summed E-state index contributed by atoms with van der Waals surface area (Å²) in [6.07, 6.45) is 2.76. The number of amides is 1. The number of benzene rings is 2. The highest BCUT2D eigenvalue weighted by molar-refractivity contribution is 7.89. The van der Waals surface area contributed by atoms with E-state index < -0.39 is 10.0 Å². The molecule has 40 heavy (non-hydrogen) atoms. The fraction of sp³-hybridized carbons (Fsp3) is 0.433. The molecule has 0 saturated carbocycles. The summed E-state index contributed by atoms with van der Waals surface area (Å²) in [5.41, 5.74) is 0.967. The maximum atomic E-state index is 13.8. The molecule has 1 aromatic heterocycles. The van der Waals surface area contributed by atoms with E-state index in [0.29, 0.717) is 36.8 Å². The van der Waals surface area contributed by atoms with E-state index in [1.165, 1.54) is 4.31 Å². The molecule has 0 spiro atoms. The van der Waals surface area contributed by atoms with Crippen molar-refractivity contribution in [2.75, 3.05) is 53.5 Å². The van der Waals surface area contributed by atoms with Gasteiger partial charge in [0.25, 0.3) is 0 Å². The molecule has 4 rings (SSSR count). The zero-order valence-corrected chi connectivity index (χ0v) is 24.4. The summed E-state index contributed by atoms with van der Waals surface area (Å²) in [5.74, 6) is 2.36. The van der Waals surface area contributed by atoms with Crippen molar-refractivity contribution in [3.63, 3.8) is 0 Å². The molecule has 1 aliphatic rings. The van der Waals surface area contributed by atoms with Gasteiger partial charge < -0.3 is 23.7 Å². The number of rotatable bonds is 14. The van der Waals surface area contributed by atoms with Crippen LogP contribution in [0.2, 0.25) is 0 Å². The molecule has 0 N–H and O–H groups in total. The third-order valence-corrected chi connectivity index (χ3v) is 9.03. The number of hydrogen-bond acceptors (Lipinski definition) is 7. The Bertz CT molecular complexity index is 1350. The van der Waals surface area contributed by atoms with Gasteiger partial charge in [-0.2, -0.15) is 4.31 Å². The highest BCUT2D eigenvalue weighted by Gasteiger charge is 2.29. The Morgan fingerprint density at radius 2 is 1.68 bits per heavy atom. The summed E-state index contributed by atoms with van der Waals surface area (Å²) in [5, 5.41) is 0. The second-order valence-corrected chi connectivity index (χ2v) is 11.9. The molecule has 0 bridgehead atoms. The first-order valence-electron chi connectivity index (χ1n) is 13.6. The molecule has 1 aliphatic heterocycles. The molecule has 9 nitrogen and oxygen atoms in total. The number of carbonyl (C=O) groups excluding carboxylic acids is 1. The van der Waals surface area contributed by atoms with Gasteiger partial charge in [-0.05, 0) is 81.2 Å². The number of likely N-dealkylation sites (tertiary alicyclic amines) is 1. The molecule has 2 heterocycles. The van der Waals surface area contributed by atoms with Crippen LogP contribution in [0.15, 0.2) is 70.0 Å². The van der Waals surface area contributed by atoms with E-state index >= 15 is 0 Å². The van der Waals surface area contributed by atoms with Crippen molar-refractivity contribution < 1.29 is 27.1 Å². The van der Waals surface area contributed by atoms with Gasteiger partial charge in [0, 0.05) is 19.6 Å². The van der Waals surface area contributed by atoms with Crippen molar-refractivity contribution in [3.8, 4) is 11.5 Å². The van der Waals surface area contributed by atoms with E-state index in [2.05, 4.69) is 4.90 Å². The van der Waals surface area contributed by atoms with Gasteiger partial charge in [-0.25, -0.2) is 8.42 Å². The van der Waals surface area contributed by atoms with Crippen LogP contribution in [0, 0.1) is 6.92 Å². The number of carbonyl (C=O) groups is 1. The van der Waals surface area contributed by atoms with Crippen molar-refractivity contribution in [1.29, 1.82) is 0 Å². The third kappa shape index (κ3) is 7.65. The summed E-state index contributed by atoms with van der Waals surface area (Å²) in [6, 6.07) is 17.7. The minimum atomic E-state index is -3.87. The van der Waals surface area contributed by atoms with Gasteiger partial charge >= 0.3 is 0 Å². The molecule has 3 aromatic rings. The quantitative estimate of drug-likeness (QED) is 0.290. The van der Waals surface area contributed by atoms with E-state index in [1.54, 1.807) is 49.5 Å². The molecule has 1 saturated heterocycles. The first kappa shape index (κ1) is 29.6. The monoisotopic (exact) mass is 569 g/mol. The van der Waals surface area contributed by atoms with Crippen molar-refractivity contribution in [2.45, 2.75) is 37.6 Å². The van der Waals surface area contributed by atoms with Gasteiger partial charge in [-0.1, -0.05) is 24.3 Å². The van der Waals surface area contributed by atoms with Crippen LogP contribution >= 0.6 is 0 Å². The second kappa shape index (κ2) is 13.8. The average molecular weight is 570 g/mol. The van der Waals surface area contributed by atoms with Gasteiger partial charge in [0.05, 0.1) is 32.2 Å². The molecule has 0 radical (unpaired) electrons. The molecule has 1 fully saturated rings. The van der Waals surface area contributed by atoms with Crippen molar-refractivity contribution in [2.24, 2.45) is 0 Å². The van der Waals surface area contributed by atoms with E-state index in [0.717, 1.165) is 37.3 Å². The SMILES string of the molecule is COc1ccc(CCN(Cc2ccc(C)o2)C(=O)CN(CCN2CCCC2)S(=O)(=O)c2ccccc2)cc1OC. The topological polar surface area (TPSA) is 92.5 Å². The first-order chi connectivity index (χ1) is 19.3. The largest absolute Gasteiger partial charge is 0.493 e. The number of nitrogens with zero attached hydrogens (tertiary/aromatic N) is 3. The Hall–Kier alpha value is -3.34. The minimum Gasteiger partial charge on any atom is -0.493 e. The Morgan fingerprint density at radius 3 is 2.33 bits per heavy atom. The first-order valence-corrected chi connectivity index (χ1v) is 15.1. The van der Waals surface area contributed by atoms with Crippen LogP contribution in [0.3, 0.4) is 0 Å². The average Bonchev–Trinajstić information content (AvgIpc) is 3.64. The van der Waals surface area contributed by atoms with Crippen LogP contribution in [0.4, 0.5) is 0 Å². The van der Waals surface area contributed by atoms with Gasteiger partial charge in [0.15, 0.2) is 11.5 Å². The lowest BCUT2D eigenvalue weighted by molar-refractivity contribution is -0.132. The Morgan fingerprint density at radius 1 is 0.950 bits per heavy atom. The van der Waals surface area contributed by atoms with E-state index in [-0.39, 0.29) is 30.4 Å². The zero-order chi connectivity index (χ0) is 28.5. The summed E-state index contributed by atoms with van der Waals surface area (Å²) in [7, 11) is -0.699. The predicted molar refractivity (Wildman–Crippen MR) is 153 cm³/mol. The van der Waals surface area contributed by atoms with Gasteiger partial charge in [0.1, 0.15) is 11.5 Å². The normalized spacial score (nSPS) is 14.0. The summed E-state index contributed by atoms with van der Waals surface area (Å²) >= 11 is 0. The lowest BCUT2D eigenvalue weighted by atomic mass is 10.1. The fourth-order valence-corrected chi connectivity index (χ4v) is 6.29. The molecule has 216 valence electrons. The smallest absolute Gasteiger partial charge is 0.243 e. The summed E-state index contributed by atoms with van der Waals surface area (Å²) < 4.78 is 45.2. The molecule has 0 unspecified atom stereocenters. The molecular formula is C30H39N3O6S. The molecule has 0 atom stereocenters. The van der Waals surface area contributed by atoms with E-state index in [1.807, 2.05) is 37.3 Å². The fourth-order valence-electron chi connectivity index (χ4n) is 4.89. The number of ether oxygens (including phenoxy) is 2. The lowest BCUT2D eigenvalue weighted by Crippen LogP contribution is -2.45. The maximum Gasteiger partial charge on any atom is 0.243 e. The predicted octanol–water partition coefficient (Wildman–Crippen LogP) is 3.96. The van der Waals surface area contributed by atoms with Crippen LogP contribution in [-0.4, -0.2) is 81.9 Å². The van der Waals surface area contributed by atoms with E-state index in [4.69, 9.17) is 13.9 Å². The Kier molecular flexibility index (Phi) is 10.2. The highest BCUT2D eigenvalue weighted by Crippen LogP contribution is 2.28. The van der Waals surface area contributed by atoms with Gasteiger partial charge in [-0.15, -0.1) is 0 Å². The molecule has 2 aromatic carbocycles. The molecular weight excluding hydrogens is 530 g/mol. The Labute approximate surface area is 237 Å². The van der Waals surface area contributed by atoms with Crippen LogP contribution < -0.4 is 9.47 Å². The number of sulfonamides is 1. The van der Waals surface area contributed by atoms with Crippen molar-refractivity contribution in [3.05, 3.63) is 77.7 Å². The Balaban J connectivity index is 1.55. The molecule has 0 aliphatic carbocycles. The number of methoxy groups -OCH3 is 2. The van der Waals surface area contributed by atoms with E-state index in [9.17, 15) is 13.2 Å². The summed E-state index contributed by atoms with van der Waals surface area (Å²) in [4.78, 5) is 17.9. The van der Waals surface area contributed by atoms with Crippen LogP contribution in [-0.2, 0) is 27.8 Å². The molecule has 1 amide bonds. The van der Waals surface area contributed by atoms with Crippen LogP contribution in [0.1, 0.15) is 29.9 Å². The molecule has 10 heteroatoms. The minimum absolute atomic E-state index is 0.183. The second-order valence-electron chi connectivity index (χ2n) is 9.97. The lowest BCUT2D eigenvalue weighted by Gasteiger charge is -2.28. The number of aryl methyl sites for hydroxylation is 1. The van der Waals surface area contributed by atoms with Crippen molar-refractivity contribution in [1.82, 2.24) is 14.1 Å². The summed E-state index contributed by atoms with van der Waals surface area (Å²) in [6.45, 7) is 4.94. The highest BCUT2D eigenvalue weighted by atomic mass is 32.2. The standard InChI is InChI=1S/C30H39N3O6S/c1-24-11-13-26(39-24)22-32(18-15-25-12-14-28(37-2)29(21-25)38-3)30(34)23-33(20-19-31-16-7-8-17-31)40(35,36)27-9-5-4-6-10-27/h4-6,9-14,21H,7-8,15-20,22-23H2,1-3H3. The zero-order valence-electron chi connectivity index (χ0n) is 23.5. The number of furan rings is 1. The maximum absolute atomic E-state index is 13.8.